The molecule has 0 spiro atoms. The Labute approximate surface area is 174 Å². The zero-order valence-electron chi connectivity index (χ0n) is 16.4. The number of sulfonamides is 1. The van der Waals surface area contributed by atoms with Crippen molar-refractivity contribution >= 4 is 27.3 Å². The fraction of sp³-hybridized carbons (Fsp3) is 0.136. The molecule has 3 aromatic rings. The van der Waals surface area contributed by atoms with Gasteiger partial charge < -0.3 is 10.1 Å². The van der Waals surface area contributed by atoms with E-state index in [9.17, 15) is 17.6 Å². The van der Waals surface area contributed by atoms with E-state index in [1.165, 1.54) is 36.4 Å². The maximum Gasteiger partial charge on any atom is 0.265 e. The van der Waals surface area contributed by atoms with Gasteiger partial charge in [0.15, 0.2) is 6.10 Å². The number of benzene rings is 3. The van der Waals surface area contributed by atoms with Crippen molar-refractivity contribution in [1.29, 1.82) is 0 Å². The molecule has 0 bridgehead atoms. The number of amides is 1. The minimum atomic E-state index is -3.76. The molecule has 6 nitrogen and oxygen atoms in total. The van der Waals surface area contributed by atoms with E-state index >= 15 is 0 Å². The first kappa shape index (κ1) is 21.3. The van der Waals surface area contributed by atoms with Crippen LogP contribution in [0.15, 0.2) is 77.7 Å². The van der Waals surface area contributed by atoms with Crippen LogP contribution in [0.5, 0.6) is 5.75 Å². The standard InChI is InChI=1S/C22H21FN2O4S/c1-15-8-11-18(14-21(15)25-30(27,28)20-6-4-3-5-7-20)24-22(26)16(2)29-19-12-9-17(23)10-13-19/h3-14,16,25H,1-2H3,(H,24,26)/t16-/m0/s1. The molecule has 0 fully saturated rings. The Balaban J connectivity index is 1.71. The normalized spacial score (nSPS) is 12.1. The second-order valence-electron chi connectivity index (χ2n) is 6.65. The lowest BCUT2D eigenvalue weighted by atomic mass is 10.2. The van der Waals surface area contributed by atoms with Crippen molar-refractivity contribution in [2.75, 3.05) is 10.0 Å². The van der Waals surface area contributed by atoms with Gasteiger partial charge >= 0.3 is 0 Å². The van der Waals surface area contributed by atoms with Crippen LogP contribution in [0.25, 0.3) is 0 Å². The van der Waals surface area contributed by atoms with E-state index < -0.39 is 27.9 Å². The van der Waals surface area contributed by atoms with Gasteiger partial charge in [0.05, 0.1) is 10.6 Å². The summed E-state index contributed by atoms with van der Waals surface area (Å²) in [5, 5.41) is 2.69. The average Bonchev–Trinajstić information content (AvgIpc) is 2.72. The predicted molar refractivity (Wildman–Crippen MR) is 114 cm³/mol. The molecular formula is C22H21FN2O4S. The number of carbonyl (C=O) groups is 1. The van der Waals surface area contributed by atoms with Crippen LogP contribution < -0.4 is 14.8 Å². The third-order valence-electron chi connectivity index (χ3n) is 4.30. The Morgan fingerprint density at radius 2 is 1.67 bits per heavy atom. The molecule has 0 heterocycles. The zero-order chi connectivity index (χ0) is 21.7. The fourth-order valence-corrected chi connectivity index (χ4v) is 3.77. The summed E-state index contributed by atoms with van der Waals surface area (Å²) < 4.78 is 46.2. The van der Waals surface area contributed by atoms with Gasteiger partial charge in [-0.25, -0.2) is 12.8 Å². The number of anilines is 2. The second kappa shape index (κ2) is 8.96. The van der Waals surface area contributed by atoms with Crippen molar-refractivity contribution < 1.29 is 22.3 Å². The third kappa shape index (κ3) is 5.36. The molecule has 8 heteroatoms. The van der Waals surface area contributed by atoms with Crippen molar-refractivity contribution in [2.24, 2.45) is 0 Å². The van der Waals surface area contributed by atoms with Crippen molar-refractivity contribution in [1.82, 2.24) is 0 Å². The summed E-state index contributed by atoms with van der Waals surface area (Å²) in [6.07, 6.45) is -0.846. The lowest BCUT2D eigenvalue weighted by Crippen LogP contribution is -2.30. The van der Waals surface area contributed by atoms with Crippen LogP contribution in [0, 0.1) is 12.7 Å². The molecule has 3 rings (SSSR count). The van der Waals surface area contributed by atoms with Crippen molar-refractivity contribution in [3.05, 3.63) is 84.2 Å². The first-order valence-electron chi connectivity index (χ1n) is 9.16. The molecule has 0 radical (unpaired) electrons. The minimum absolute atomic E-state index is 0.139. The number of nitrogens with one attached hydrogen (secondary N) is 2. The minimum Gasteiger partial charge on any atom is -0.481 e. The van der Waals surface area contributed by atoms with Gasteiger partial charge in [0.1, 0.15) is 11.6 Å². The number of hydrogen-bond acceptors (Lipinski definition) is 4. The molecule has 0 saturated carbocycles. The van der Waals surface area contributed by atoms with Crippen LogP contribution in [0.1, 0.15) is 12.5 Å². The Hall–Kier alpha value is -3.39. The molecule has 2 N–H and O–H groups in total. The Morgan fingerprint density at radius 3 is 2.33 bits per heavy atom. The molecule has 0 saturated heterocycles. The summed E-state index contributed by atoms with van der Waals surface area (Å²) in [6, 6.07) is 18.3. The van der Waals surface area contributed by atoms with Gasteiger partial charge in [0, 0.05) is 5.69 Å². The Bertz CT molecular complexity index is 1130. The number of aryl methyl sites for hydroxylation is 1. The summed E-state index contributed by atoms with van der Waals surface area (Å²) in [5.41, 5.74) is 1.46. The summed E-state index contributed by atoms with van der Waals surface area (Å²) in [7, 11) is -3.76. The molecule has 0 unspecified atom stereocenters. The molecular weight excluding hydrogens is 407 g/mol. The highest BCUT2D eigenvalue weighted by Crippen LogP contribution is 2.24. The van der Waals surface area contributed by atoms with Gasteiger partial charge in [-0.2, -0.15) is 0 Å². The first-order chi connectivity index (χ1) is 14.2. The molecule has 1 amide bonds. The second-order valence-corrected chi connectivity index (χ2v) is 8.33. The largest absolute Gasteiger partial charge is 0.481 e. The first-order valence-corrected chi connectivity index (χ1v) is 10.6. The topological polar surface area (TPSA) is 84.5 Å². The number of carbonyl (C=O) groups excluding carboxylic acids is 1. The van der Waals surface area contributed by atoms with Crippen LogP contribution in [-0.4, -0.2) is 20.4 Å². The highest BCUT2D eigenvalue weighted by atomic mass is 32.2. The molecule has 3 aromatic carbocycles. The summed E-state index contributed by atoms with van der Waals surface area (Å²) in [4.78, 5) is 12.6. The third-order valence-corrected chi connectivity index (χ3v) is 5.68. The fourth-order valence-electron chi connectivity index (χ4n) is 2.63. The van der Waals surface area contributed by atoms with Crippen molar-refractivity contribution in [2.45, 2.75) is 24.8 Å². The summed E-state index contributed by atoms with van der Waals surface area (Å²) in [6.45, 7) is 3.32. The van der Waals surface area contributed by atoms with Gasteiger partial charge in [-0.3, -0.25) is 9.52 Å². The van der Waals surface area contributed by atoms with Crippen molar-refractivity contribution in [3.63, 3.8) is 0 Å². The van der Waals surface area contributed by atoms with E-state index in [1.807, 2.05) is 0 Å². The summed E-state index contributed by atoms with van der Waals surface area (Å²) >= 11 is 0. The SMILES string of the molecule is Cc1ccc(NC(=O)[C@H](C)Oc2ccc(F)cc2)cc1NS(=O)(=O)c1ccccc1. The molecule has 0 aliphatic carbocycles. The lowest BCUT2D eigenvalue weighted by molar-refractivity contribution is -0.122. The predicted octanol–water partition coefficient (Wildman–Crippen LogP) is 4.34. The Morgan fingerprint density at radius 1 is 1.00 bits per heavy atom. The average molecular weight is 428 g/mol. The van der Waals surface area contributed by atoms with Crippen LogP contribution in [-0.2, 0) is 14.8 Å². The molecule has 30 heavy (non-hydrogen) atoms. The van der Waals surface area contributed by atoms with Crippen molar-refractivity contribution in [3.8, 4) is 5.75 Å². The van der Waals surface area contributed by atoms with E-state index in [4.69, 9.17) is 4.74 Å². The number of ether oxygens (including phenoxy) is 1. The van der Waals surface area contributed by atoms with Gasteiger partial charge in [0.25, 0.3) is 15.9 Å². The zero-order valence-corrected chi connectivity index (χ0v) is 17.2. The Kier molecular flexibility index (Phi) is 6.37. The van der Waals surface area contributed by atoms with Gasteiger partial charge in [-0.05, 0) is 67.9 Å². The number of hydrogen-bond donors (Lipinski definition) is 2. The van der Waals surface area contributed by atoms with Gasteiger partial charge in [-0.15, -0.1) is 0 Å². The summed E-state index contributed by atoms with van der Waals surface area (Å²) in [5.74, 6) is -0.469. The quantitative estimate of drug-likeness (QED) is 0.586. The van der Waals surface area contributed by atoms with Crippen LogP contribution >= 0.6 is 0 Å². The molecule has 0 aromatic heterocycles. The van der Waals surface area contributed by atoms with E-state index in [1.54, 1.807) is 50.2 Å². The smallest absolute Gasteiger partial charge is 0.265 e. The van der Waals surface area contributed by atoms with Crippen LogP contribution in [0.3, 0.4) is 0 Å². The highest BCUT2D eigenvalue weighted by molar-refractivity contribution is 7.92. The maximum atomic E-state index is 13.0. The molecule has 0 aliphatic heterocycles. The number of rotatable bonds is 7. The van der Waals surface area contributed by atoms with Crippen LogP contribution in [0.4, 0.5) is 15.8 Å². The van der Waals surface area contributed by atoms with E-state index in [0.717, 1.165) is 0 Å². The molecule has 1 atom stereocenters. The van der Waals surface area contributed by atoms with Crippen LogP contribution in [0.2, 0.25) is 0 Å². The highest BCUT2D eigenvalue weighted by Gasteiger charge is 2.18. The monoisotopic (exact) mass is 428 g/mol. The lowest BCUT2D eigenvalue weighted by Gasteiger charge is -2.16. The van der Waals surface area contributed by atoms with Gasteiger partial charge in [0.2, 0.25) is 0 Å². The number of halogens is 1. The van der Waals surface area contributed by atoms with E-state index in [-0.39, 0.29) is 4.90 Å². The van der Waals surface area contributed by atoms with E-state index in [2.05, 4.69) is 10.0 Å². The maximum absolute atomic E-state index is 13.0. The van der Waals surface area contributed by atoms with E-state index in [0.29, 0.717) is 22.7 Å². The molecule has 156 valence electrons. The van der Waals surface area contributed by atoms with Gasteiger partial charge in [-0.1, -0.05) is 24.3 Å². The molecule has 0 aliphatic rings.